The van der Waals surface area contributed by atoms with Crippen LogP contribution >= 0.6 is 0 Å². The van der Waals surface area contributed by atoms with Gasteiger partial charge in [0.05, 0.1) is 11.0 Å². The quantitative estimate of drug-likeness (QED) is 0.679. The average molecular weight is 276 g/mol. The zero-order chi connectivity index (χ0) is 14.1. The Balaban J connectivity index is 1.82. The molecule has 1 aliphatic carbocycles. The third kappa shape index (κ3) is 2.50. The summed E-state index contributed by atoms with van der Waals surface area (Å²) < 4.78 is 5.75. The fourth-order valence-corrected chi connectivity index (χ4v) is 3.47. The van der Waals surface area contributed by atoms with Gasteiger partial charge >= 0.3 is 0 Å². The molecule has 5 nitrogen and oxygen atoms in total. The van der Waals surface area contributed by atoms with Gasteiger partial charge in [-0.25, -0.2) is 0 Å². The number of nitro benzene ring substituents is 1. The lowest BCUT2D eigenvalue weighted by atomic mass is 9.81. The second-order valence-corrected chi connectivity index (χ2v) is 5.82. The average Bonchev–Trinajstić information content (AvgIpc) is 2.90. The monoisotopic (exact) mass is 276 g/mol. The molecule has 20 heavy (non-hydrogen) atoms. The Morgan fingerprint density at radius 2 is 2.20 bits per heavy atom. The van der Waals surface area contributed by atoms with Crippen molar-refractivity contribution in [1.29, 1.82) is 0 Å². The molecule has 5 heteroatoms. The van der Waals surface area contributed by atoms with E-state index < -0.39 is 0 Å². The summed E-state index contributed by atoms with van der Waals surface area (Å²) in [7, 11) is 0. The summed E-state index contributed by atoms with van der Waals surface area (Å²) >= 11 is 0. The summed E-state index contributed by atoms with van der Waals surface area (Å²) in [5.74, 6) is 0.490. The van der Waals surface area contributed by atoms with Gasteiger partial charge in [0.2, 0.25) is 0 Å². The Labute approximate surface area is 118 Å². The largest absolute Gasteiger partial charge is 0.378 e. The van der Waals surface area contributed by atoms with Crippen LogP contribution < -0.4 is 5.32 Å². The molecule has 1 aromatic rings. The van der Waals surface area contributed by atoms with Crippen molar-refractivity contribution in [1.82, 2.24) is 0 Å². The maximum Gasteiger partial charge on any atom is 0.292 e. The number of benzene rings is 1. The first-order chi connectivity index (χ1) is 9.65. The molecule has 3 atom stereocenters. The first-order valence-corrected chi connectivity index (χ1v) is 7.28. The summed E-state index contributed by atoms with van der Waals surface area (Å²) in [6, 6.07) is 5.67. The van der Waals surface area contributed by atoms with Crippen molar-refractivity contribution in [2.24, 2.45) is 5.92 Å². The number of fused-ring (bicyclic) bond motifs is 1. The van der Waals surface area contributed by atoms with Gasteiger partial charge in [0.15, 0.2) is 0 Å². The highest BCUT2D eigenvalue weighted by atomic mass is 16.6. The van der Waals surface area contributed by atoms with Gasteiger partial charge in [-0.3, -0.25) is 10.1 Å². The van der Waals surface area contributed by atoms with Crippen LogP contribution in [-0.4, -0.2) is 23.7 Å². The Kier molecular flexibility index (Phi) is 3.61. The van der Waals surface area contributed by atoms with Crippen molar-refractivity contribution in [3.63, 3.8) is 0 Å². The Hall–Kier alpha value is -1.62. The molecule has 0 spiro atoms. The molecule has 1 aromatic carbocycles. The summed E-state index contributed by atoms with van der Waals surface area (Å²) in [5.41, 5.74) is 1.72. The number of nitro groups is 1. The number of aryl methyl sites for hydroxylation is 1. The number of nitrogens with zero attached hydrogens (tertiary/aromatic N) is 1. The molecule has 1 heterocycles. The van der Waals surface area contributed by atoms with E-state index in [1.54, 1.807) is 6.07 Å². The summed E-state index contributed by atoms with van der Waals surface area (Å²) in [4.78, 5) is 10.9. The van der Waals surface area contributed by atoms with Crippen molar-refractivity contribution in [3.05, 3.63) is 33.9 Å². The first-order valence-electron chi connectivity index (χ1n) is 7.28. The highest BCUT2D eigenvalue weighted by molar-refractivity contribution is 5.63. The fraction of sp³-hybridized carbons (Fsp3) is 0.600. The van der Waals surface area contributed by atoms with Gasteiger partial charge < -0.3 is 10.1 Å². The van der Waals surface area contributed by atoms with E-state index in [4.69, 9.17) is 4.74 Å². The third-order valence-corrected chi connectivity index (χ3v) is 4.47. The van der Waals surface area contributed by atoms with Crippen LogP contribution in [0.15, 0.2) is 18.2 Å². The van der Waals surface area contributed by atoms with Crippen LogP contribution in [0.4, 0.5) is 11.4 Å². The highest BCUT2D eigenvalue weighted by Crippen LogP contribution is 2.37. The molecule has 1 aliphatic heterocycles. The molecule has 0 bridgehead atoms. The van der Waals surface area contributed by atoms with E-state index in [0.717, 1.165) is 37.9 Å². The van der Waals surface area contributed by atoms with Crippen molar-refractivity contribution in [3.8, 4) is 0 Å². The Morgan fingerprint density at radius 3 is 3.00 bits per heavy atom. The normalized spacial score (nSPS) is 28.9. The summed E-state index contributed by atoms with van der Waals surface area (Å²) in [6.07, 6.45) is 4.71. The van der Waals surface area contributed by atoms with Crippen molar-refractivity contribution in [2.75, 3.05) is 11.9 Å². The van der Waals surface area contributed by atoms with Crippen molar-refractivity contribution >= 4 is 11.4 Å². The summed E-state index contributed by atoms with van der Waals surface area (Å²) in [6.45, 7) is 2.70. The van der Waals surface area contributed by atoms with Gasteiger partial charge in [-0.1, -0.05) is 6.07 Å². The van der Waals surface area contributed by atoms with E-state index in [-0.39, 0.29) is 16.7 Å². The number of nitrogens with one attached hydrogen (secondary N) is 1. The molecule has 2 aliphatic rings. The molecule has 108 valence electrons. The molecule has 1 saturated carbocycles. The van der Waals surface area contributed by atoms with Crippen LogP contribution in [0.3, 0.4) is 0 Å². The third-order valence-electron chi connectivity index (χ3n) is 4.47. The maximum atomic E-state index is 11.2. The van der Waals surface area contributed by atoms with Crippen LogP contribution in [0.5, 0.6) is 0 Å². The second kappa shape index (κ2) is 5.40. The van der Waals surface area contributed by atoms with Crippen LogP contribution in [0.25, 0.3) is 0 Å². The number of hydrogen-bond acceptors (Lipinski definition) is 4. The van der Waals surface area contributed by atoms with Gasteiger partial charge in [-0.15, -0.1) is 0 Å². The van der Waals surface area contributed by atoms with E-state index in [9.17, 15) is 10.1 Å². The highest BCUT2D eigenvalue weighted by Gasteiger charge is 2.38. The molecule has 1 saturated heterocycles. The predicted octanol–water partition coefficient (Wildman–Crippen LogP) is 3.27. The van der Waals surface area contributed by atoms with Gasteiger partial charge in [0.25, 0.3) is 5.69 Å². The smallest absolute Gasteiger partial charge is 0.292 e. The van der Waals surface area contributed by atoms with Gasteiger partial charge in [0.1, 0.15) is 5.69 Å². The van der Waals surface area contributed by atoms with E-state index in [1.165, 1.54) is 0 Å². The lowest BCUT2D eigenvalue weighted by molar-refractivity contribution is -0.384. The predicted molar refractivity (Wildman–Crippen MR) is 76.9 cm³/mol. The number of anilines is 1. The van der Waals surface area contributed by atoms with Crippen LogP contribution in [0.1, 0.15) is 31.2 Å². The molecule has 3 rings (SSSR count). The van der Waals surface area contributed by atoms with Crippen LogP contribution in [0.2, 0.25) is 0 Å². The second-order valence-electron chi connectivity index (χ2n) is 5.82. The topological polar surface area (TPSA) is 64.4 Å². The van der Waals surface area contributed by atoms with E-state index in [0.29, 0.717) is 17.7 Å². The lowest BCUT2D eigenvalue weighted by Crippen LogP contribution is -2.38. The maximum absolute atomic E-state index is 11.2. The van der Waals surface area contributed by atoms with E-state index >= 15 is 0 Å². The Bertz CT molecular complexity index is 518. The van der Waals surface area contributed by atoms with E-state index in [2.05, 4.69) is 5.32 Å². The molecule has 1 N–H and O–H groups in total. The minimum atomic E-state index is -0.305. The molecule has 2 fully saturated rings. The van der Waals surface area contributed by atoms with Crippen molar-refractivity contribution < 1.29 is 9.66 Å². The first kappa shape index (κ1) is 13.4. The minimum absolute atomic E-state index is 0.172. The molecule has 3 unspecified atom stereocenters. The van der Waals surface area contributed by atoms with Crippen LogP contribution in [-0.2, 0) is 4.74 Å². The molecule has 0 radical (unpaired) electrons. The minimum Gasteiger partial charge on any atom is -0.378 e. The van der Waals surface area contributed by atoms with E-state index in [1.807, 2.05) is 19.1 Å². The molecule has 0 aromatic heterocycles. The van der Waals surface area contributed by atoms with Crippen LogP contribution in [0, 0.1) is 23.0 Å². The Morgan fingerprint density at radius 1 is 1.35 bits per heavy atom. The lowest BCUT2D eigenvalue weighted by Gasteiger charge is -2.33. The summed E-state index contributed by atoms with van der Waals surface area (Å²) in [5, 5.41) is 14.6. The zero-order valence-electron chi connectivity index (χ0n) is 11.7. The fourth-order valence-electron chi connectivity index (χ4n) is 3.47. The molecular weight excluding hydrogens is 256 g/mol. The zero-order valence-corrected chi connectivity index (χ0v) is 11.7. The van der Waals surface area contributed by atoms with Gasteiger partial charge in [0, 0.05) is 24.6 Å². The number of rotatable bonds is 3. The molecule has 0 amide bonds. The number of hydrogen-bond donors (Lipinski definition) is 1. The van der Waals surface area contributed by atoms with Crippen molar-refractivity contribution in [2.45, 2.75) is 44.8 Å². The van der Waals surface area contributed by atoms with Gasteiger partial charge in [-0.05, 0) is 44.2 Å². The standard InChI is InChI=1S/C15H20N2O3/c1-10-5-6-13(14(9-10)17(18)19)16-12-3-2-4-15-11(12)7-8-20-15/h5-6,9,11-12,15-16H,2-4,7-8H2,1H3. The molecular formula is C15H20N2O3. The number of ether oxygens (including phenoxy) is 1. The SMILES string of the molecule is Cc1ccc(NC2CCCC3OCCC23)c([N+](=O)[O-])c1. The van der Waals surface area contributed by atoms with Gasteiger partial charge in [-0.2, -0.15) is 0 Å².